The molecule has 1 aliphatic rings. The fourth-order valence-electron chi connectivity index (χ4n) is 3.79. The summed E-state index contributed by atoms with van der Waals surface area (Å²) < 4.78 is 26.2. The van der Waals surface area contributed by atoms with Crippen molar-refractivity contribution in [3.05, 3.63) is 64.5 Å². The number of aromatic nitrogens is 1. The van der Waals surface area contributed by atoms with Crippen molar-refractivity contribution in [3.63, 3.8) is 0 Å². The number of sulfone groups is 1. The summed E-state index contributed by atoms with van der Waals surface area (Å²) in [5, 5.41) is 11.8. The van der Waals surface area contributed by atoms with Crippen LogP contribution in [0.3, 0.4) is 0 Å². The van der Waals surface area contributed by atoms with Gasteiger partial charge in [0.15, 0.2) is 15.0 Å². The topological polar surface area (TPSA) is 74.1 Å². The molecule has 2 aromatic carbocycles. The Morgan fingerprint density at radius 2 is 1.83 bits per heavy atom. The van der Waals surface area contributed by atoms with E-state index in [0.717, 1.165) is 16.4 Å². The maximum atomic E-state index is 13.1. The molecule has 154 valence electrons. The SMILES string of the molecule is Cc1ccc(-c2csc(N3CCC(S(=O)(=O)c4ccccc4C#N)CC3)n2)cc1C. The van der Waals surface area contributed by atoms with Crippen LogP contribution in [-0.2, 0) is 9.84 Å². The summed E-state index contributed by atoms with van der Waals surface area (Å²) in [5.74, 6) is 0. The van der Waals surface area contributed by atoms with Crippen molar-refractivity contribution in [2.24, 2.45) is 0 Å². The van der Waals surface area contributed by atoms with Gasteiger partial charge in [0, 0.05) is 24.0 Å². The molecule has 1 aliphatic heterocycles. The molecule has 0 N–H and O–H groups in total. The maximum Gasteiger partial charge on any atom is 0.185 e. The summed E-state index contributed by atoms with van der Waals surface area (Å²) in [6, 6.07) is 14.8. The molecule has 0 bridgehead atoms. The molecule has 1 aromatic heterocycles. The minimum absolute atomic E-state index is 0.150. The highest BCUT2D eigenvalue weighted by Crippen LogP contribution is 2.32. The number of piperidine rings is 1. The van der Waals surface area contributed by atoms with Gasteiger partial charge in [-0.15, -0.1) is 11.3 Å². The molecule has 7 heteroatoms. The van der Waals surface area contributed by atoms with Gasteiger partial charge in [-0.05, 0) is 56.0 Å². The van der Waals surface area contributed by atoms with Gasteiger partial charge in [0.1, 0.15) is 6.07 Å². The second-order valence-corrected chi connectivity index (χ2v) is 10.7. The summed E-state index contributed by atoms with van der Waals surface area (Å²) >= 11 is 1.59. The lowest BCUT2D eigenvalue weighted by molar-refractivity contribution is 0.529. The van der Waals surface area contributed by atoms with E-state index in [1.165, 1.54) is 17.2 Å². The smallest absolute Gasteiger partial charge is 0.185 e. The molecule has 3 aromatic rings. The molecule has 1 saturated heterocycles. The van der Waals surface area contributed by atoms with Crippen molar-refractivity contribution >= 4 is 26.3 Å². The molecular weight excluding hydrogens is 414 g/mol. The summed E-state index contributed by atoms with van der Waals surface area (Å²) in [6.07, 6.45) is 1.06. The number of aryl methyl sites for hydroxylation is 2. The molecule has 30 heavy (non-hydrogen) atoms. The molecular formula is C23H23N3O2S2. The van der Waals surface area contributed by atoms with Gasteiger partial charge in [-0.2, -0.15) is 5.26 Å². The molecule has 0 radical (unpaired) electrons. The van der Waals surface area contributed by atoms with Crippen molar-refractivity contribution in [1.82, 2.24) is 4.98 Å². The highest BCUT2D eigenvalue weighted by molar-refractivity contribution is 7.92. The predicted molar refractivity (Wildman–Crippen MR) is 121 cm³/mol. The van der Waals surface area contributed by atoms with Crippen molar-refractivity contribution in [2.45, 2.75) is 36.8 Å². The first-order valence-corrected chi connectivity index (χ1v) is 12.3. The van der Waals surface area contributed by atoms with Crippen molar-refractivity contribution in [3.8, 4) is 17.3 Å². The van der Waals surface area contributed by atoms with E-state index in [1.54, 1.807) is 29.5 Å². The summed E-state index contributed by atoms with van der Waals surface area (Å²) in [6.45, 7) is 5.47. The zero-order chi connectivity index (χ0) is 21.3. The average Bonchev–Trinajstić information content (AvgIpc) is 3.26. The standard InChI is InChI=1S/C23H23N3O2S2/c1-16-7-8-18(13-17(16)2)21-15-29-23(25-21)26-11-9-20(10-12-26)30(27,28)22-6-4-3-5-19(22)14-24/h3-8,13,15,20H,9-12H2,1-2H3. The van der Waals surface area contributed by atoms with Crippen molar-refractivity contribution < 1.29 is 8.42 Å². The Kier molecular flexibility index (Phi) is 5.63. The second kappa shape index (κ2) is 8.21. The molecule has 0 unspecified atom stereocenters. The van der Waals surface area contributed by atoms with Gasteiger partial charge in [0.2, 0.25) is 0 Å². The van der Waals surface area contributed by atoms with Crippen molar-refractivity contribution in [2.75, 3.05) is 18.0 Å². The maximum absolute atomic E-state index is 13.1. The lowest BCUT2D eigenvalue weighted by Gasteiger charge is -2.31. The van der Waals surface area contributed by atoms with Crippen molar-refractivity contribution in [1.29, 1.82) is 5.26 Å². The molecule has 0 atom stereocenters. The number of rotatable bonds is 4. The van der Waals surface area contributed by atoms with Crippen LogP contribution in [-0.4, -0.2) is 31.7 Å². The van der Waals surface area contributed by atoms with Gasteiger partial charge >= 0.3 is 0 Å². The van der Waals surface area contributed by atoms with E-state index in [1.807, 2.05) is 6.07 Å². The van der Waals surface area contributed by atoms with E-state index in [2.05, 4.69) is 42.3 Å². The monoisotopic (exact) mass is 437 g/mol. The van der Waals surface area contributed by atoms with Crippen LogP contribution in [0.15, 0.2) is 52.7 Å². The first-order valence-electron chi connectivity index (χ1n) is 9.91. The summed E-state index contributed by atoms with van der Waals surface area (Å²) in [5.41, 5.74) is 4.78. The highest BCUT2D eigenvalue weighted by atomic mass is 32.2. The summed E-state index contributed by atoms with van der Waals surface area (Å²) in [7, 11) is -3.52. The fourth-order valence-corrected chi connectivity index (χ4v) is 6.55. The molecule has 1 fully saturated rings. The molecule has 0 amide bonds. The van der Waals surface area contributed by atoms with E-state index in [0.29, 0.717) is 25.9 Å². The number of hydrogen-bond donors (Lipinski definition) is 0. The van der Waals surface area contributed by atoms with Gasteiger partial charge in [-0.1, -0.05) is 24.3 Å². The minimum atomic E-state index is -3.52. The van der Waals surface area contributed by atoms with E-state index in [9.17, 15) is 13.7 Å². The van der Waals surface area contributed by atoms with Gasteiger partial charge in [0.25, 0.3) is 0 Å². The lowest BCUT2D eigenvalue weighted by atomic mass is 10.1. The second-order valence-electron chi connectivity index (χ2n) is 7.65. The van der Waals surface area contributed by atoms with Crippen LogP contribution >= 0.6 is 11.3 Å². The third kappa shape index (κ3) is 3.85. The highest BCUT2D eigenvalue weighted by Gasteiger charge is 2.33. The zero-order valence-corrected chi connectivity index (χ0v) is 18.6. The van der Waals surface area contributed by atoms with Crippen LogP contribution in [0.25, 0.3) is 11.3 Å². The summed E-state index contributed by atoms with van der Waals surface area (Å²) in [4.78, 5) is 7.11. The molecule has 0 aliphatic carbocycles. The number of benzene rings is 2. The van der Waals surface area contributed by atoms with Crippen LogP contribution in [0.1, 0.15) is 29.5 Å². The first-order chi connectivity index (χ1) is 14.4. The molecule has 5 nitrogen and oxygen atoms in total. The van der Waals surface area contributed by atoms with Gasteiger partial charge in [0.05, 0.1) is 21.4 Å². The third-order valence-electron chi connectivity index (χ3n) is 5.76. The largest absolute Gasteiger partial charge is 0.348 e. The van der Waals surface area contributed by atoms with E-state index in [-0.39, 0.29) is 10.5 Å². The Morgan fingerprint density at radius 3 is 2.53 bits per heavy atom. The lowest BCUT2D eigenvalue weighted by Crippen LogP contribution is -2.39. The fraction of sp³-hybridized carbons (Fsp3) is 0.304. The van der Waals surface area contributed by atoms with E-state index in [4.69, 9.17) is 4.98 Å². The molecule has 0 spiro atoms. The molecule has 2 heterocycles. The Bertz CT molecular complexity index is 1220. The number of hydrogen-bond acceptors (Lipinski definition) is 6. The van der Waals surface area contributed by atoms with Crippen LogP contribution < -0.4 is 4.90 Å². The van der Waals surface area contributed by atoms with E-state index >= 15 is 0 Å². The predicted octanol–water partition coefficient (Wildman–Crippen LogP) is 4.74. The van der Waals surface area contributed by atoms with Crippen LogP contribution in [0.2, 0.25) is 0 Å². The van der Waals surface area contributed by atoms with Crippen LogP contribution in [0.4, 0.5) is 5.13 Å². The van der Waals surface area contributed by atoms with E-state index < -0.39 is 15.1 Å². The van der Waals surface area contributed by atoms with Gasteiger partial charge in [-0.25, -0.2) is 13.4 Å². The van der Waals surface area contributed by atoms with Crippen LogP contribution in [0, 0.1) is 25.2 Å². The average molecular weight is 438 g/mol. The molecule has 0 saturated carbocycles. The molecule has 4 rings (SSSR count). The Balaban J connectivity index is 1.48. The number of nitriles is 1. The number of thiazole rings is 1. The normalized spacial score (nSPS) is 15.2. The van der Waals surface area contributed by atoms with Crippen LogP contribution in [0.5, 0.6) is 0 Å². The minimum Gasteiger partial charge on any atom is -0.348 e. The Morgan fingerprint density at radius 1 is 1.10 bits per heavy atom. The van der Waals surface area contributed by atoms with Gasteiger partial charge < -0.3 is 4.90 Å². The zero-order valence-electron chi connectivity index (χ0n) is 17.0. The number of anilines is 1. The number of nitrogens with zero attached hydrogens (tertiary/aromatic N) is 3. The quantitative estimate of drug-likeness (QED) is 0.589. The third-order valence-corrected chi connectivity index (χ3v) is 8.98. The Hall–Kier alpha value is -2.69. The van der Waals surface area contributed by atoms with Gasteiger partial charge in [-0.3, -0.25) is 0 Å². The Labute approximate surface area is 181 Å². The first kappa shape index (κ1) is 20.6.